The highest BCUT2D eigenvalue weighted by Gasteiger charge is 2.32. The first-order valence-electron chi connectivity index (χ1n) is 5.55. The molecule has 0 radical (unpaired) electrons. The minimum atomic E-state index is -0.960. The highest BCUT2D eigenvalue weighted by Crippen LogP contribution is 2.22. The number of halogens is 1. The van der Waals surface area contributed by atoms with Gasteiger partial charge in [0.1, 0.15) is 11.4 Å². The summed E-state index contributed by atoms with van der Waals surface area (Å²) in [6.45, 7) is 5.53. The number of amides is 1. The Kier molecular flexibility index (Phi) is 4.23. The van der Waals surface area contributed by atoms with Crippen LogP contribution in [-0.4, -0.2) is 25.2 Å². The first kappa shape index (κ1) is 13.6. The van der Waals surface area contributed by atoms with E-state index in [2.05, 4.69) is 0 Å². The van der Waals surface area contributed by atoms with E-state index in [1.165, 1.54) is 18.1 Å². The SMILES string of the molecule is CCN(C(=O)C(C)(C)OC)c1ccccc1F. The summed E-state index contributed by atoms with van der Waals surface area (Å²) in [5, 5.41) is 0. The van der Waals surface area contributed by atoms with Crippen molar-refractivity contribution in [3.05, 3.63) is 30.1 Å². The number of hydrogen-bond donors (Lipinski definition) is 0. The van der Waals surface area contributed by atoms with Crippen LogP contribution >= 0.6 is 0 Å². The molecule has 0 atom stereocenters. The van der Waals surface area contributed by atoms with Crippen LogP contribution < -0.4 is 4.90 Å². The van der Waals surface area contributed by atoms with Gasteiger partial charge in [-0.1, -0.05) is 12.1 Å². The number of methoxy groups -OCH3 is 1. The second-order valence-electron chi connectivity index (χ2n) is 4.22. The number of nitrogens with zero attached hydrogens (tertiary/aromatic N) is 1. The number of carbonyl (C=O) groups is 1. The average Bonchev–Trinajstić information content (AvgIpc) is 2.32. The predicted molar refractivity (Wildman–Crippen MR) is 65.5 cm³/mol. The number of anilines is 1. The first-order valence-corrected chi connectivity index (χ1v) is 5.55. The van der Waals surface area contributed by atoms with Crippen molar-refractivity contribution < 1.29 is 13.9 Å². The van der Waals surface area contributed by atoms with Crippen LogP contribution in [0.15, 0.2) is 24.3 Å². The van der Waals surface area contributed by atoms with Crippen LogP contribution in [-0.2, 0) is 9.53 Å². The van der Waals surface area contributed by atoms with Crippen molar-refractivity contribution in [2.75, 3.05) is 18.6 Å². The Labute approximate surface area is 101 Å². The van der Waals surface area contributed by atoms with Crippen LogP contribution in [0.3, 0.4) is 0 Å². The second-order valence-corrected chi connectivity index (χ2v) is 4.22. The number of hydrogen-bond acceptors (Lipinski definition) is 2. The van der Waals surface area contributed by atoms with Crippen LogP contribution in [0, 0.1) is 5.82 Å². The van der Waals surface area contributed by atoms with Gasteiger partial charge in [0.25, 0.3) is 5.91 Å². The minimum absolute atomic E-state index is 0.257. The van der Waals surface area contributed by atoms with Crippen molar-refractivity contribution in [3.63, 3.8) is 0 Å². The molecule has 94 valence electrons. The molecule has 1 amide bonds. The third-order valence-corrected chi connectivity index (χ3v) is 2.73. The topological polar surface area (TPSA) is 29.5 Å². The molecule has 1 aromatic rings. The van der Waals surface area contributed by atoms with Gasteiger partial charge in [-0.05, 0) is 32.9 Å². The summed E-state index contributed by atoms with van der Waals surface area (Å²) in [6, 6.07) is 6.22. The lowest BCUT2D eigenvalue weighted by molar-refractivity contribution is -0.136. The molecular formula is C13H18FNO2. The molecule has 0 N–H and O–H groups in total. The van der Waals surface area contributed by atoms with Crippen LogP contribution in [0.2, 0.25) is 0 Å². The van der Waals surface area contributed by atoms with Crippen molar-refractivity contribution in [2.45, 2.75) is 26.4 Å². The van der Waals surface area contributed by atoms with Gasteiger partial charge in [0.15, 0.2) is 0 Å². The van der Waals surface area contributed by atoms with E-state index >= 15 is 0 Å². The number of ether oxygens (including phenoxy) is 1. The molecule has 0 fully saturated rings. The Morgan fingerprint density at radius 3 is 2.47 bits per heavy atom. The summed E-state index contributed by atoms with van der Waals surface area (Å²) in [4.78, 5) is 13.6. The molecule has 0 aliphatic heterocycles. The molecular weight excluding hydrogens is 221 g/mol. The quantitative estimate of drug-likeness (QED) is 0.808. The van der Waals surface area contributed by atoms with Crippen LogP contribution in [0.5, 0.6) is 0 Å². The van der Waals surface area contributed by atoms with Crippen molar-refractivity contribution in [3.8, 4) is 0 Å². The zero-order valence-electron chi connectivity index (χ0n) is 10.7. The fraction of sp³-hybridized carbons (Fsp3) is 0.462. The van der Waals surface area contributed by atoms with Gasteiger partial charge in [-0.3, -0.25) is 4.79 Å². The summed E-state index contributed by atoms with van der Waals surface area (Å²) in [5.74, 6) is -0.665. The molecule has 0 heterocycles. The van der Waals surface area contributed by atoms with E-state index in [0.717, 1.165) is 0 Å². The van der Waals surface area contributed by atoms with Crippen molar-refractivity contribution in [2.24, 2.45) is 0 Å². The molecule has 0 aromatic heterocycles. The Balaban J connectivity index is 3.09. The lowest BCUT2D eigenvalue weighted by atomic mass is 10.1. The molecule has 0 bridgehead atoms. The van der Waals surface area contributed by atoms with Gasteiger partial charge < -0.3 is 9.64 Å². The normalized spacial score (nSPS) is 11.4. The summed E-state index contributed by atoms with van der Waals surface area (Å²) in [6.07, 6.45) is 0. The van der Waals surface area contributed by atoms with E-state index in [4.69, 9.17) is 4.74 Å². The molecule has 0 saturated heterocycles. The zero-order chi connectivity index (χ0) is 13.1. The van der Waals surface area contributed by atoms with Crippen molar-refractivity contribution >= 4 is 11.6 Å². The largest absolute Gasteiger partial charge is 0.369 e. The maximum atomic E-state index is 13.6. The van der Waals surface area contributed by atoms with Crippen molar-refractivity contribution in [1.29, 1.82) is 0 Å². The van der Waals surface area contributed by atoms with Gasteiger partial charge in [-0.15, -0.1) is 0 Å². The molecule has 3 nitrogen and oxygen atoms in total. The summed E-state index contributed by atoms with van der Waals surface area (Å²) in [5.41, 5.74) is -0.678. The predicted octanol–water partition coefficient (Wildman–Crippen LogP) is 2.60. The lowest BCUT2D eigenvalue weighted by Crippen LogP contribution is -2.46. The molecule has 0 aliphatic carbocycles. The molecule has 0 aliphatic rings. The van der Waals surface area contributed by atoms with E-state index in [-0.39, 0.29) is 11.6 Å². The number of benzene rings is 1. The molecule has 0 unspecified atom stereocenters. The van der Waals surface area contributed by atoms with E-state index in [1.54, 1.807) is 39.0 Å². The standard InChI is InChI=1S/C13H18FNO2/c1-5-15(12(16)13(2,3)17-4)11-9-7-6-8-10(11)14/h6-9H,5H2,1-4H3. The third-order valence-electron chi connectivity index (χ3n) is 2.73. The Morgan fingerprint density at radius 2 is 2.00 bits per heavy atom. The van der Waals surface area contributed by atoms with Gasteiger partial charge in [-0.2, -0.15) is 0 Å². The van der Waals surface area contributed by atoms with Gasteiger partial charge >= 0.3 is 0 Å². The smallest absolute Gasteiger partial charge is 0.258 e. The van der Waals surface area contributed by atoms with E-state index in [9.17, 15) is 9.18 Å². The zero-order valence-corrected chi connectivity index (χ0v) is 10.7. The molecule has 4 heteroatoms. The fourth-order valence-electron chi connectivity index (χ4n) is 1.51. The highest BCUT2D eigenvalue weighted by molar-refractivity contribution is 5.99. The first-order chi connectivity index (χ1) is 7.94. The number of carbonyl (C=O) groups excluding carboxylic acids is 1. The summed E-state index contributed by atoms with van der Waals surface area (Å²) >= 11 is 0. The summed E-state index contributed by atoms with van der Waals surface area (Å²) in [7, 11) is 1.47. The van der Waals surface area contributed by atoms with Crippen LogP contribution in [0.4, 0.5) is 10.1 Å². The molecule has 17 heavy (non-hydrogen) atoms. The van der Waals surface area contributed by atoms with Gasteiger partial charge in [0.2, 0.25) is 0 Å². The minimum Gasteiger partial charge on any atom is -0.369 e. The van der Waals surface area contributed by atoms with E-state index in [1.807, 2.05) is 0 Å². The molecule has 0 spiro atoms. The maximum Gasteiger partial charge on any atom is 0.258 e. The Hall–Kier alpha value is -1.42. The molecule has 1 rings (SSSR count). The Morgan fingerprint density at radius 1 is 1.41 bits per heavy atom. The molecule has 1 aromatic carbocycles. The van der Waals surface area contributed by atoms with Crippen LogP contribution in [0.25, 0.3) is 0 Å². The number of likely N-dealkylation sites (N-methyl/N-ethyl adjacent to an activating group) is 1. The van der Waals surface area contributed by atoms with E-state index < -0.39 is 11.4 Å². The van der Waals surface area contributed by atoms with Gasteiger partial charge in [0, 0.05) is 13.7 Å². The molecule has 0 saturated carbocycles. The van der Waals surface area contributed by atoms with E-state index in [0.29, 0.717) is 6.54 Å². The average molecular weight is 239 g/mol. The third kappa shape index (κ3) is 2.82. The van der Waals surface area contributed by atoms with Gasteiger partial charge in [0.05, 0.1) is 5.69 Å². The fourth-order valence-corrected chi connectivity index (χ4v) is 1.51. The lowest BCUT2D eigenvalue weighted by Gasteiger charge is -2.30. The van der Waals surface area contributed by atoms with Crippen molar-refractivity contribution in [1.82, 2.24) is 0 Å². The van der Waals surface area contributed by atoms with Gasteiger partial charge in [-0.25, -0.2) is 4.39 Å². The number of para-hydroxylation sites is 1. The monoisotopic (exact) mass is 239 g/mol. The highest BCUT2D eigenvalue weighted by atomic mass is 19.1. The van der Waals surface area contributed by atoms with Crippen LogP contribution in [0.1, 0.15) is 20.8 Å². The number of rotatable bonds is 4. The second kappa shape index (κ2) is 5.27. The maximum absolute atomic E-state index is 13.6. The Bertz CT molecular complexity index is 404. The summed E-state index contributed by atoms with van der Waals surface area (Å²) < 4.78 is 18.8.